The predicted octanol–water partition coefficient (Wildman–Crippen LogP) is 4.30. The van der Waals surface area contributed by atoms with Crippen LogP contribution in [-0.4, -0.2) is 30.1 Å². The van der Waals surface area contributed by atoms with E-state index in [0.717, 1.165) is 0 Å². The lowest BCUT2D eigenvalue weighted by Gasteiger charge is -2.38. The van der Waals surface area contributed by atoms with Crippen molar-refractivity contribution < 1.29 is 0 Å². The van der Waals surface area contributed by atoms with Crippen molar-refractivity contribution in [2.24, 2.45) is 0 Å². The standard InChI is InChI=1S/C19H32N2/c1-5-19(17-11-9-16(4)10-12-17)21(15(2)3)14-18-8-6-7-13-20-18/h9-12,15,18-20H,5-8,13-14H2,1-4H3. The smallest absolute Gasteiger partial charge is 0.0348 e. The van der Waals surface area contributed by atoms with E-state index >= 15 is 0 Å². The van der Waals surface area contributed by atoms with Crippen molar-refractivity contribution in [2.45, 2.75) is 71.5 Å². The number of hydrogen-bond acceptors (Lipinski definition) is 2. The molecule has 1 aliphatic heterocycles. The SMILES string of the molecule is CCC(c1ccc(C)cc1)N(CC1CCCCN1)C(C)C. The molecule has 1 aliphatic rings. The number of hydrogen-bond donors (Lipinski definition) is 1. The zero-order chi connectivity index (χ0) is 15.2. The van der Waals surface area contributed by atoms with Gasteiger partial charge in [-0.25, -0.2) is 0 Å². The number of benzene rings is 1. The minimum Gasteiger partial charge on any atom is -0.313 e. The lowest BCUT2D eigenvalue weighted by atomic mass is 9.97. The van der Waals surface area contributed by atoms with Crippen LogP contribution in [0, 0.1) is 6.92 Å². The van der Waals surface area contributed by atoms with Crippen molar-refractivity contribution in [3.63, 3.8) is 0 Å². The van der Waals surface area contributed by atoms with Gasteiger partial charge in [0.25, 0.3) is 0 Å². The highest BCUT2D eigenvalue weighted by Crippen LogP contribution is 2.27. The lowest BCUT2D eigenvalue weighted by Crippen LogP contribution is -2.47. The Bertz CT molecular complexity index is 404. The highest BCUT2D eigenvalue weighted by Gasteiger charge is 2.25. The Morgan fingerprint density at radius 2 is 1.90 bits per heavy atom. The summed E-state index contributed by atoms with van der Waals surface area (Å²) in [4.78, 5) is 2.69. The summed E-state index contributed by atoms with van der Waals surface area (Å²) in [7, 11) is 0. The molecule has 118 valence electrons. The third kappa shape index (κ3) is 4.55. The van der Waals surface area contributed by atoms with Crippen LogP contribution in [-0.2, 0) is 0 Å². The van der Waals surface area contributed by atoms with E-state index in [0.29, 0.717) is 18.1 Å². The molecule has 2 rings (SSSR count). The van der Waals surface area contributed by atoms with Gasteiger partial charge in [-0.3, -0.25) is 4.90 Å². The van der Waals surface area contributed by atoms with E-state index in [1.807, 2.05) is 0 Å². The highest BCUT2D eigenvalue weighted by atomic mass is 15.2. The fourth-order valence-corrected chi connectivity index (χ4v) is 3.48. The second-order valence-corrected chi connectivity index (χ2v) is 6.77. The van der Waals surface area contributed by atoms with Gasteiger partial charge in [-0.05, 0) is 52.1 Å². The van der Waals surface area contributed by atoms with Gasteiger partial charge < -0.3 is 5.32 Å². The van der Waals surface area contributed by atoms with Crippen LogP contribution in [0.3, 0.4) is 0 Å². The molecule has 0 spiro atoms. The van der Waals surface area contributed by atoms with Gasteiger partial charge in [-0.15, -0.1) is 0 Å². The maximum absolute atomic E-state index is 3.70. The monoisotopic (exact) mass is 288 g/mol. The van der Waals surface area contributed by atoms with E-state index in [2.05, 4.69) is 62.2 Å². The van der Waals surface area contributed by atoms with Crippen molar-refractivity contribution in [2.75, 3.05) is 13.1 Å². The van der Waals surface area contributed by atoms with Crippen molar-refractivity contribution in [1.29, 1.82) is 0 Å². The van der Waals surface area contributed by atoms with Crippen LogP contribution in [0.25, 0.3) is 0 Å². The molecule has 1 aromatic carbocycles. The van der Waals surface area contributed by atoms with Gasteiger partial charge in [-0.2, -0.15) is 0 Å². The summed E-state index contributed by atoms with van der Waals surface area (Å²) >= 11 is 0. The summed E-state index contributed by atoms with van der Waals surface area (Å²) in [6, 6.07) is 10.9. The molecule has 2 nitrogen and oxygen atoms in total. The fourth-order valence-electron chi connectivity index (χ4n) is 3.48. The molecule has 1 N–H and O–H groups in total. The molecular formula is C19H32N2. The first-order valence-electron chi connectivity index (χ1n) is 8.67. The molecule has 0 aromatic heterocycles. The largest absolute Gasteiger partial charge is 0.313 e. The third-order valence-corrected chi connectivity index (χ3v) is 4.76. The Balaban J connectivity index is 2.11. The first-order valence-corrected chi connectivity index (χ1v) is 8.67. The first-order chi connectivity index (χ1) is 10.1. The van der Waals surface area contributed by atoms with Gasteiger partial charge >= 0.3 is 0 Å². The van der Waals surface area contributed by atoms with Crippen LogP contribution >= 0.6 is 0 Å². The third-order valence-electron chi connectivity index (χ3n) is 4.76. The lowest BCUT2D eigenvalue weighted by molar-refractivity contribution is 0.125. The maximum atomic E-state index is 3.70. The Hall–Kier alpha value is -0.860. The van der Waals surface area contributed by atoms with Gasteiger partial charge in [0.15, 0.2) is 0 Å². The maximum Gasteiger partial charge on any atom is 0.0348 e. The van der Waals surface area contributed by atoms with Crippen LogP contribution in [0.5, 0.6) is 0 Å². The molecular weight excluding hydrogens is 256 g/mol. The zero-order valence-corrected chi connectivity index (χ0v) is 14.2. The molecule has 2 unspecified atom stereocenters. The summed E-state index contributed by atoms with van der Waals surface area (Å²) in [5.41, 5.74) is 2.81. The molecule has 1 fully saturated rings. The summed E-state index contributed by atoms with van der Waals surface area (Å²) in [6.07, 6.45) is 5.22. The topological polar surface area (TPSA) is 15.3 Å². The summed E-state index contributed by atoms with van der Waals surface area (Å²) < 4.78 is 0. The van der Waals surface area contributed by atoms with Crippen LogP contribution in [0.15, 0.2) is 24.3 Å². The molecule has 2 heteroatoms. The van der Waals surface area contributed by atoms with E-state index in [9.17, 15) is 0 Å². The predicted molar refractivity (Wildman–Crippen MR) is 91.7 cm³/mol. The highest BCUT2D eigenvalue weighted by molar-refractivity contribution is 5.24. The van der Waals surface area contributed by atoms with Crippen LogP contribution in [0.4, 0.5) is 0 Å². The minimum atomic E-state index is 0.536. The molecule has 0 aliphatic carbocycles. The molecule has 1 saturated heterocycles. The van der Waals surface area contributed by atoms with Crippen molar-refractivity contribution in [3.05, 3.63) is 35.4 Å². The van der Waals surface area contributed by atoms with E-state index in [4.69, 9.17) is 0 Å². The molecule has 0 amide bonds. The number of piperidine rings is 1. The summed E-state index contributed by atoms with van der Waals surface area (Å²) in [6.45, 7) is 11.5. The van der Waals surface area contributed by atoms with Crippen molar-refractivity contribution in [1.82, 2.24) is 10.2 Å². The molecule has 0 radical (unpaired) electrons. The molecule has 0 saturated carbocycles. The number of nitrogens with one attached hydrogen (secondary N) is 1. The van der Waals surface area contributed by atoms with Gasteiger partial charge in [0.1, 0.15) is 0 Å². The van der Waals surface area contributed by atoms with Crippen LogP contribution in [0.2, 0.25) is 0 Å². The van der Waals surface area contributed by atoms with E-state index in [1.54, 1.807) is 0 Å². The Morgan fingerprint density at radius 3 is 2.43 bits per heavy atom. The minimum absolute atomic E-state index is 0.536. The van der Waals surface area contributed by atoms with Gasteiger partial charge in [0, 0.05) is 24.7 Å². The Labute approximate surface area is 130 Å². The van der Waals surface area contributed by atoms with Gasteiger partial charge in [0.2, 0.25) is 0 Å². The van der Waals surface area contributed by atoms with E-state index in [-0.39, 0.29) is 0 Å². The fraction of sp³-hybridized carbons (Fsp3) is 0.684. The average molecular weight is 288 g/mol. The van der Waals surface area contributed by atoms with Gasteiger partial charge in [0.05, 0.1) is 0 Å². The van der Waals surface area contributed by atoms with Crippen LogP contribution in [0.1, 0.15) is 63.6 Å². The molecule has 1 heterocycles. The zero-order valence-electron chi connectivity index (χ0n) is 14.2. The average Bonchev–Trinajstić information content (AvgIpc) is 2.49. The Kier molecular flexibility index (Phi) is 6.25. The number of nitrogens with zero attached hydrogens (tertiary/aromatic N) is 1. The molecule has 21 heavy (non-hydrogen) atoms. The number of aryl methyl sites for hydroxylation is 1. The second-order valence-electron chi connectivity index (χ2n) is 6.77. The van der Waals surface area contributed by atoms with E-state index in [1.165, 1.54) is 49.9 Å². The first kappa shape index (κ1) is 16.5. The van der Waals surface area contributed by atoms with Crippen molar-refractivity contribution in [3.8, 4) is 0 Å². The summed E-state index contributed by atoms with van der Waals surface area (Å²) in [5, 5.41) is 3.70. The second kappa shape index (κ2) is 7.95. The molecule has 2 atom stereocenters. The van der Waals surface area contributed by atoms with Gasteiger partial charge in [-0.1, -0.05) is 43.2 Å². The number of rotatable bonds is 6. The van der Waals surface area contributed by atoms with Crippen LogP contribution < -0.4 is 5.32 Å². The normalized spacial score (nSPS) is 21.0. The molecule has 1 aromatic rings. The van der Waals surface area contributed by atoms with Crippen molar-refractivity contribution >= 4 is 0 Å². The Morgan fingerprint density at radius 1 is 1.19 bits per heavy atom. The molecule has 0 bridgehead atoms. The summed E-state index contributed by atoms with van der Waals surface area (Å²) in [5.74, 6) is 0. The quantitative estimate of drug-likeness (QED) is 0.839. The van der Waals surface area contributed by atoms with E-state index < -0.39 is 0 Å².